The fourth-order valence-electron chi connectivity index (χ4n) is 2.94. The molecule has 5 heteroatoms. The minimum absolute atomic E-state index is 0.227. The van der Waals surface area contributed by atoms with E-state index < -0.39 is 11.9 Å². The van der Waals surface area contributed by atoms with Crippen LogP contribution in [0.15, 0.2) is 72.8 Å². The lowest BCUT2D eigenvalue weighted by molar-refractivity contribution is -0.136. The van der Waals surface area contributed by atoms with Crippen molar-refractivity contribution in [2.24, 2.45) is 0 Å². The molecule has 0 aliphatic carbocycles. The van der Waals surface area contributed by atoms with Gasteiger partial charge in [-0.3, -0.25) is 0 Å². The van der Waals surface area contributed by atoms with Crippen LogP contribution in [0.1, 0.15) is 27.0 Å². The van der Waals surface area contributed by atoms with E-state index in [-0.39, 0.29) is 19.0 Å². The van der Waals surface area contributed by atoms with Crippen LogP contribution in [0, 0.1) is 13.8 Å². The summed E-state index contributed by atoms with van der Waals surface area (Å²) in [6.07, 6.45) is 0.636. The summed E-state index contributed by atoms with van der Waals surface area (Å²) in [5, 5.41) is 0. The molecule has 0 saturated carbocycles. The topological polar surface area (TPSA) is 61.8 Å². The third kappa shape index (κ3) is 6.21. The predicted molar refractivity (Wildman–Crippen MR) is 114 cm³/mol. The molecule has 0 aliphatic rings. The van der Waals surface area contributed by atoms with Gasteiger partial charge in [0.2, 0.25) is 0 Å². The second kappa shape index (κ2) is 10.3. The number of carbonyl (C=O) groups is 2. The molecule has 3 aromatic carbocycles. The first-order valence-corrected chi connectivity index (χ1v) is 9.73. The third-order valence-electron chi connectivity index (χ3n) is 4.44. The van der Waals surface area contributed by atoms with Crippen molar-refractivity contribution in [3.05, 3.63) is 95.1 Å². The predicted octanol–water partition coefficient (Wildman–Crippen LogP) is 4.69. The van der Waals surface area contributed by atoms with Crippen molar-refractivity contribution >= 4 is 11.9 Å². The zero-order valence-electron chi connectivity index (χ0n) is 17.1. The Hall–Kier alpha value is -3.60. The monoisotopic (exact) mass is 404 g/mol. The summed E-state index contributed by atoms with van der Waals surface area (Å²) >= 11 is 0. The molecule has 0 fully saturated rings. The maximum absolute atomic E-state index is 12.3. The Morgan fingerprint density at radius 1 is 0.867 bits per heavy atom. The fourth-order valence-corrected chi connectivity index (χ4v) is 2.94. The van der Waals surface area contributed by atoms with Gasteiger partial charge in [-0.05, 0) is 49.2 Å². The van der Waals surface area contributed by atoms with Crippen LogP contribution in [0.4, 0.5) is 0 Å². The number of aryl methyl sites for hydroxylation is 2. The summed E-state index contributed by atoms with van der Waals surface area (Å²) in [4.78, 5) is 24.4. The maximum atomic E-state index is 12.3. The van der Waals surface area contributed by atoms with Gasteiger partial charge in [-0.1, -0.05) is 54.1 Å². The van der Waals surface area contributed by atoms with Crippen LogP contribution >= 0.6 is 0 Å². The number of hydrogen-bond acceptors (Lipinski definition) is 5. The molecule has 0 amide bonds. The van der Waals surface area contributed by atoms with Crippen molar-refractivity contribution in [3.8, 4) is 11.5 Å². The van der Waals surface area contributed by atoms with Crippen LogP contribution in [-0.4, -0.2) is 25.2 Å². The molecular weight excluding hydrogens is 380 g/mol. The molecule has 0 bridgehead atoms. The minimum atomic E-state index is -0.551. The summed E-state index contributed by atoms with van der Waals surface area (Å²) in [5.41, 5.74) is 3.48. The fraction of sp³-hybridized carbons (Fsp3) is 0.200. The van der Waals surface area contributed by atoms with Gasteiger partial charge in [-0.2, -0.15) is 0 Å². The van der Waals surface area contributed by atoms with Gasteiger partial charge in [0.1, 0.15) is 11.5 Å². The summed E-state index contributed by atoms with van der Waals surface area (Å²) in [5.74, 6) is -0.116. The van der Waals surface area contributed by atoms with E-state index >= 15 is 0 Å². The molecule has 5 nitrogen and oxygen atoms in total. The number of esters is 2. The normalized spacial score (nSPS) is 10.3. The average Bonchev–Trinajstić information content (AvgIpc) is 2.74. The number of ether oxygens (including phenoxy) is 3. The number of rotatable bonds is 8. The molecule has 0 N–H and O–H groups in total. The number of hydrogen-bond donors (Lipinski definition) is 0. The molecule has 0 saturated heterocycles. The molecule has 3 aromatic rings. The summed E-state index contributed by atoms with van der Waals surface area (Å²) in [6.45, 7) is 3.96. The van der Waals surface area contributed by atoms with Crippen LogP contribution in [0.3, 0.4) is 0 Å². The van der Waals surface area contributed by atoms with Crippen LogP contribution in [0.25, 0.3) is 0 Å². The van der Waals surface area contributed by atoms with Crippen LogP contribution in [0.5, 0.6) is 11.5 Å². The van der Waals surface area contributed by atoms with Gasteiger partial charge in [-0.15, -0.1) is 0 Å². The van der Waals surface area contributed by atoms with Crippen molar-refractivity contribution in [1.29, 1.82) is 0 Å². The second-order valence-corrected chi connectivity index (χ2v) is 6.93. The Bertz CT molecular complexity index is 1010. The standard InChI is InChI=1S/C25H24O5/c1-18-11-12-23(19(2)15-18)29-17-24(26)30-22-10-6-9-21(16-22)25(27)28-14-13-20-7-4-3-5-8-20/h3-12,15-16H,13-14,17H2,1-2H3. The van der Waals surface area contributed by atoms with Gasteiger partial charge in [0.05, 0.1) is 12.2 Å². The molecule has 3 rings (SSSR count). The van der Waals surface area contributed by atoms with Gasteiger partial charge in [0.15, 0.2) is 6.61 Å². The first kappa shape index (κ1) is 21.1. The largest absolute Gasteiger partial charge is 0.482 e. The highest BCUT2D eigenvalue weighted by Gasteiger charge is 2.12. The van der Waals surface area contributed by atoms with Crippen LogP contribution in [-0.2, 0) is 16.0 Å². The molecule has 30 heavy (non-hydrogen) atoms. The maximum Gasteiger partial charge on any atom is 0.349 e. The molecule has 0 aromatic heterocycles. The van der Waals surface area contributed by atoms with Gasteiger partial charge >= 0.3 is 11.9 Å². The van der Waals surface area contributed by atoms with E-state index in [0.29, 0.717) is 17.7 Å². The Morgan fingerprint density at radius 3 is 2.43 bits per heavy atom. The highest BCUT2D eigenvalue weighted by Crippen LogP contribution is 2.19. The van der Waals surface area contributed by atoms with Gasteiger partial charge in [0, 0.05) is 6.42 Å². The van der Waals surface area contributed by atoms with Crippen molar-refractivity contribution in [1.82, 2.24) is 0 Å². The van der Waals surface area contributed by atoms with Crippen molar-refractivity contribution in [2.75, 3.05) is 13.2 Å². The smallest absolute Gasteiger partial charge is 0.349 e. The van der Waals surface area contributed by atoms with Gasteiger partial charge in [-0.25, -0.2) is 9.59 Å². The van der Waals surface area contributed by atoms with Crippen LogP contribution in [0.2, 0.25) is 0 Å². The van der Waals surface area contributed by atoms with Gasteiger partial charge in [0.25, 0.3) is 0 Å². The Kier molecular flexibility index (Phi) is 7.22. The third-order valence-corrected chi connectivity index (χ3v) is 4.44. The molecular formula is C25H24O5. The zero-order chi connectivity index (χ0) is 21.3. The summed E-state index contributed by atoms with van der Waals surface area (Å²) < 4.78 is 16.1. The molecule has 0 atom stereocenters. The van der Waals surface area contributed by atoms with Crippen LogP contribution < -0.4 is 9.47 Å². The highest BCUT2D eigenvalue weighted by molar-refractivity contribution is 5.90. The van der Waals surface area contributed by atoms with E-state index in [9.17, 15) is 9.59 Å². The van der Waals surface area contributed by atoms with Gasteiger partial charge < -0.3 is 14.2 Å². The summed E-state index contributed by atoms with van der Waals surface area (Å²) in [6, 6.07) is 21.9. The quantitative estimate of drug-likeness (QED) is 0.403. The second-order valence-electron chi connectivity index (χ2n) is 6.93. The minimum Gasteiger partial charge on any atom is -0.482 e. The Labute approximate surface area is 176 Å². The number of benzene rings is 3. The average molecular weight is 404 g/mol. The molecule has 0 radical (unpaired) electrons. The Balaban J connectivity index is 1.50. The Morgan fingerprint density at radius 2 is 1.67 bits per heavy atom. The lowest BCUT2D eigenvalue weighted by atomic mass is 10.1. The van der Waals surface area contributed by atoms with E-state index in [1.807, 2.05) is 62.4 Å². The molecule has 0 unspecified atom stereocenters. The van der Waals surface area contributed by atoms with Crippen molar-refractivity contribution in [3.63, 3.8) is 0 Å². The van der Waals surface area contributed by atoms with E-state index in [1.165, 1.54) is 6.07 Å². The first-order chi connectivity index (χ1) is 14.5. The SMILES string of the molecule is Cc1ccc(OCC(=O)Oc2cccc(C(=O)OCCc3ccccc3)c2)c(C)c1. The molecule has 0 spiro atoms. The van der Waals surface area contributed by atoms with E-state index in [4.69, 9.17) is 14.2 Å². The highest BCUT2D eigenvalue weighted by atomic mass is 16.6. The molecule has 0 aliphatic heterocycles. The van der Waals surface area contributed by atoms with E-state index in [2.05, 4.69) is 0 Å². The molecule has 154 valence electrons. The lowest BCUT2D eigenvalue weighted by Crippen LogP contribution is -2.18. The van der Waals surface area contributed by atoms with E-state index in [1.54, 1.807) is 18.2 Å². The van der Waals surface area contributed by atoms with Crippen molar-refractivity contribution < 1.29 is 23.8 Å². The lowest BCUT2D eigenvalue weighted by Gasteiger charge is -2.10. The van der Waals surface area contributed by atoms with E-state index in [0.717, 1.165) is 16.7 Å². The molecule has 0 heterocycles. The number of carbonyl (C=O) groups excluding carboxylic acids is 2. The van der Waals surface area contributed by atoms with Crippen molar-refractivity contribution in [2.45, 2.75) is 20.3 Å². The summed E-state index contributed by atoms with van der Waals surface area (Å²) in [7, 11) is 0. The zero-order valence-corrected chi connectivity index (χ0v) is 17.1. The first-order valence-electron chi connectivity index (χ1n) is 9.73.